The average Bonchev–Trinajstić information content (AvgIpc) is 2.29. The lowest BCUT2D eigenvalue weighted by molar-refractivity contribution is 0.0650. The maximum Gasteiger partial charge on any atom is 0.126 e. The molecule has 4 heteroatoms. The van der Waals surface area contributed by atoms with Gasteiger partial charge in [0.05, 0.1) is 12.1 Å². The molecule has 0 amide bonds. The number of halogens is 1. The van der Waals surface area contributed by atoms with Gasteiger partial charge in [-0.05, 0) is 30.5 Å². The van der Waals surface area contributed by atoms with Crippen molar-refractivity contribution in [1.82, 2.24) is 5.43 Å². The molecule has 0 heterocycles. The van der Waals surface area contributed by atoms with Crippen LogP contribution in [-0.4, -0.2) is 13.2 Å². The van der Waals surface area contributed by atoms with Crippen molar-refractivity contribution in [3.8, 4) is 0 Å². The number of nitrogens with two attached hydrogens (primary N) is 1. The lowest BCUT2D eigenvalue weighted by Gasteiger charge is -2.24. The Morgan fingerprint density at radius 2 is 2.19 bits per heavy atom. The van der Waals surface area contributed by atoms with Crippen LogP contribution < -0.4 is 11.3 Å². The molecule has 0 saturated carbocycles. The smallest absolute Gasteiger partial charge is 0.126 e. The van der Waals surface area contributed by atoms with Crippen LogP contribution in [0.15, 0.2) is 18.2 Å². The van der Waals surface area contributed by atoms with Crippen molar-refractivity contribution in [3.63, 3.8) is 0 Å². The topological polar surface area (TPSA) is 47.3 Å². The summed E-state index contributed by atoms with van der Waals surface area (Å²) in [7, 11) is 1.63. The number of ether oxygens (including phenoxy) is 1. The van der Waals surface area contributed by atoms with Gasteiger partial charge >= 0.3 is 0 Å². The van der Waals surface area contributed by atoms with E-state index in [1.807, 2.05) is 13.0 Å². The zero-order valence-corrected chi connectivity index (χ0v) is 9.96. The van der Waals surface area contributed by atoms with E-state index in [-0.39, 0.29) is 18.0 Å². The van der Waals surface area contributed by atoms with Gasteiger partial charge in [0.25, 0.3) is 0 Å². The first-order valence-corrected chi connectivity index (χ1v) is 5.39. The molecule has 0 fully saturated rings. The summed E-state index contributed by atoms with van der Waals surface area (Å²) >= 11 is 0. The Hall–Kier alpha value is -0.970. The molecule has 0 aromatic heterocycles. The summed E-state index contributed by atoms with van der Waals surface area (Å²) in [5.41, 5.74) is 4.11. The Morgan fingerprint density at radius 1 is 1.50 bits per heavy atom. The van der Waals surface area contributed by atoms with Crippen LogP contribution in [0.2, 0.25) is 0 Å². The van der Waals surface area contributed by atoms with Gasteiger partial charge in [-0.3, -0.25) is 11.3 Å². The van der Waals surface area contributed by atoms with Crippen molar-refractivity contribution >= 4 is 0 Å². The first-order valence-electron chi connectivity index (χ1n) is 5.39. The Balaban J connectivity index is 2.98. The molecule has 0 bridgehead atoms. The van der Waals surface area contributed by atoms with Crippen molar-refractivity contribution in [3.05, 3.63) is 35.1 Å². The summed E-state index contributed by atoms with van der Waals surface area (Å²) in [5, 5.41) is 0. The third-order valence-electron chi connectivity index (χ3n) is 2.81. The van der Waals surface area contributed by atoms with Crippen LogP contribution in [0.4, 0.5) is 4.39 Å². The number of aryl methyl sites for hydroxylation is 1. The predicted octanol–water partition coefficient (Wildman–Crippen LogP) is 2.06. The predicted molar refractivity (Wildman–Crippen MR) is 62.3 cm³/mol. The molecule has 2 atom stereocenters. The first-order chi connectivity index (χ1) is 7.63. The molecule has 0 saturated heterocycles. The van der Waals surface area contributed by atoms with Gasteiger partial charge in [-0.15, -0.1) is 0 Å². The maximum absolute atomic E-state index is 13.4. The number of hydrazine groups is 1. The van der Waals surface area contributed by atoms with Crippen LogP contribution >= 0.6 is 0 Å². The molecule has 3 N–H and O–H groups in total. The summed E-state index contributed by atoms with van der Waals surface area (Å²) in [6.07, 6.45) is 0.744. The zero-order chi connectivity index (χ0) is 12.1. The molecule has 0 aliphatic rings. The van der Waals surface area contributed by atoms with Crippen molar-refractivity contribution in [1.29, 1.82) is 0 Å². The Morgan fingerprint density at radius 3 is 2.62 bits per heavy atom. The minimum Gasteiger partial charge on any atom is -0.379 e. The third-order valence-corrected chi connectivity index (χ3v) is 2.81. The molecular weight excluding hydrogens is 207 g/mol. The Kier molecular flexibility index (Phi) is 4.86. The normalized spacial score (nSPS) is 14.8. The molecule has 0 aliphatic carbocycles. The van der Waals surface area contributed by atoms with Gasteiger partial charge in [0.1, 0.15) is 5.82 Å². The van der Waals surface area contributed by atoms with Gasteiger partial charge in [-0.1, -0.05) is 19.1 Å². The zero-order valence-electron chi connectivity index (χ0n) is 9.96. The van der Waals surface area contributed by atoms with Crippen LogP contribution in [0, 0.1) is 12.7 Å². The van der Waals surface area contributed by atoms with Gasteiger partial charge in [-0.25, -0.2) is 4.39 Å². The van der Waals surface area contributed by atoms with Crippen molar-refractivity contribution in [2.75, 3.05) is 7.11 Å². The van der Waals surface area contributed by atoms with Crippen LogP contribution in [0.5, 0.6) is 0 Å². The summed E-state index contributed by atoms with van der Waals surface area (Å²) in [6, 6.07) is 4.92. The standard InChI is InChI=1S/C12H19FN2O/c1-4-11(16-3)12(15-14)9-6-5-8(2)10(13)7-9/h5-7,11-12,15H,4,14H2,1-3H3. The fraction of sp³-hybridized carbons (Fsp3) is 0.500. The van der Waals surface area contributed by atoms with E-state index in [9.17, 15) is 4.39 Å². The van der Waals surface area contributed by atoms with Crippen LogP contribution in [-0.2, 0) is 4.74 Å². The molecule has 2 unspecified atom stereocenters. The average molecular weight is 226 g/mol. The molecule has 0 spiro atoms. The van der Waals surface area contributed by atoms with Crippen LogP contribution in [0.25, 0.3) is 0 Å². The summed E-state index contributed by atoms with van der Waals surface area (Å²) in [5.74, 6) is 5.27. The second-order valence-electron chi connectivity index (χ2n) is 3.84. The highest BCUT2D eigenvalue weighted by Crippen LogP contribution is 2.22. The molecule has 1 aromatic carbocycles. The van der Waals surface area contributed by atoms with Gasteiger partial charge < -0.3 is 4.74 Å². The number of hydrogen-bond acceptors (Lipinski definition) is 3. The molecule has 1 aromatic rings. The van der Waals surface area contributed by atoms with Crippen molar-refractivity contribution < 1.29 is 9.13 Å². The van der Waals surface area contributed by atoms with E-state index in [2.05, 4.69) is 5.43 Å². The summed E-state index contributed by atoms with van der Waals surface area (Å²) in [6.45, 7) is 3.74. The summed E-state index contributed by atoms with van der Waals surface area (Å²) in [4.78, 5) is 0. The SMILES string of the molecule is CCC(OC)C(NN)c1ccc(C)c(F)c1. The highest BCUT2D eigenvalue weighted by atomic mass is 19.1. The minimum atomic E-state index is -0.219. The van der Waals surface area contributed by atoms with Gasteiger partial charge in [-0.2, -0.15) is 0 Å². The number of nitrogens with one attached hydrogen (secondary N) is 1. The fourth-order valence-corrected chi connectivity index (χ4v) is 1.76. The molecule has 1 rings (SSSR count). The third kappa shape index (κ3) is 2.78. The number of hydrogen-bond donors (Lipinski definition) is 2. The van der Waals surface area contributed by atoms with E-state index in [0.717, 1.165) is 12.0 Å². The highest BCUT2D eigenvalue weighted by molar-refractivity contribution is 5.26. The second-order valence-corrected chi connectivity index (χ2v) is 3.84. The summed E-state index contributed by atoms with van der Waals surface area (Å²) < 4.78 is 18.7. The maximum atomic E-state index is 13.4. The first kappa shape index (κ1) is 13.1. The second kappa shape index (κ2) is 5.94. The number of rotatable bonds is 5. The highest BCUT2D eigenvalue weighted by Gasteiger charge is 2.20. The Labute approximate surface area is 95.8 Å². The fourth-order valence-electron chi connectivity index (χ4n) is 1.76. The molecule has 90 valence electrons. The van der Waals surface area contributed by atoms with Crippen molar-refractivity contribution in [2.45, 2.75) is 32.4 Å². The number of methoxy groups -OCH3 is 1. The van der Waals surface area contributed by atoms with E-state index in [1.54, 1.807) is 20.1 Å². The Bertz CT molecular complexity index is 340. The van der Waals surface area contributed by atoms with E-state index in [1.165, 1.54) is 6.07 Å². The van der Waals surface area contributed by atoms with Crippen molar-refractivity contribution in [2.24, 2.45) is 5.84 Å². The largest absolute Gasteiger partial charge is 0.379 e. The number of benzene rings is 1. The lowest BCUT2D eigenvalue weighted by atomic mass is 9.99. The van der Waals surface area contributed by atoms with Gasteiger partial charge in [0.15, 0.2) is 0 Å². The van der Waals surface area contributed by atoms with E-state index in [0.29, 0.717) is 5.56 Å². The molecule has 16 heavy (non-hydrogen) atoms. The van der Waals surface area contributed by atoms with Crippen LogP contribution in [0.3, 0.4) is 0 Å². The van der Waals surface area contributed by atoms with E-state index < -0.39 is 0 Å². The van der Waals surface area contributed by atoms with Gasteiger partial charge in [0.2, 0.25) is 0 Å². The molecular formula is C12H19FN2O. The van der Waals surface area contributed by atoms with Gasteiger partial charge in [0, 0.05) is 7.11 Å². The van der Waals surface area contributed by atoms with E-state index in [4.69, 9.17) is 10.6 Å². The molecule has 3 nitrogen and oxygen atoms in total. The lowest BCUT2D eigenvalue weighted by Crippen LogP contribution is -2.37. The van der Waals surface area contributed by atoms with Crippen LogP contribution in [0.1, 0.15) is 30.5 Å². The minimum absolute atomic E-state index is 0.0629. The quantitative estimate of drug-likeness (QED) is 0.597. The molecule has 0 aliphatic heterocycles. The van der Waals surface area contributed by atoms with E-state index >= 15 is 0 Å². The molecule has 0 radical (unpaired) electrons. The monoisotopic (exact) mass is 226 g/mol.